The molecule has 0 radical (unpaired) electrons. The van der Waals surface area contributed by atoms with Crippen molar-refractivity contribution in [1.82, 2.24) is 14.8 Å². The number of hydrogen-bond donors (Lipinski definition) is 1. The van der Waals surface area contributed by atoms with Crippen molar-refractivity contribution in [3.63, 3.8) is 0 Å². The van der Waals surface area contributed by atoms with Gasteiger partial charge >= 0.3 is 0 Å². The molecule has 0 unspecified atom stereocenters. The fourth-order valence-corrected chi connectivity index (χ4v) is 2.10. The first kappa shape index (κ1) is 14.9. The van der Waals surface area contributed by atoms with E-state index in [0.29, 0.717) is 18.3 Å². The summed E-state index contributed by atoms with van der Waals surface area (Å²) in [4.78, 5) is 4.14. The third-order valence-electron chi connectivity index (χ3n) is 2.68. The lowest BCUT2D eigenvalue weighted by molar-refractivity contribution is 0.468. The molecule has 2 aromatic rings. The van der Waals surface area contributed by atoms with Gasteiger partial charge in [-0.05, 0) is 27.9 Å². The summed E-state index contributed by atoms with van der Waals surface area (Å²) in [6, 6.07) is 2.21. The van der Waals surface area contributed by atoms with E-state index in [4.69, 9.17) is 0 Å². The van der Waals surface area contributed by atoms with E-state index in [1.54, 1.807) is 4.68 Å². The summed E-state index contributed by atoms with van der Waals surface area (Å²) in [6.07, 6.45) is 1.47. The zero-order chi connectivity index (χ0) is 14.7. The summed E-state index contributed by atoms with van der Waals surface area (Å²) < 4.78 is 28.7. The van der Waals surface area contributed by atoms with Crippen molar-refractivity contribution in [3.05, 3.63) is 40.4 Å². The lowest BCUT2D eigenvalue weighted by Gasteiger charge is -2.11. The van der Waals surface area contributed by atoms with E-state index < -0.39 is 11.6 Å². The summed E-state index contributed by atoms with van der Waals surface area (Å²) in [7, 11) is 0. The molecule has 0 amide bonds. The van der Waals surface area contributed by atoms with E-state index in [2.05, 4.69) is 45.2 Å². The highest BCUT2D eigenvalue weighted by Crippen LogP contribution is 2.23. The van der Waals surface area contributed by atoms with Crippen molar-refractivity contribution in [2.45, 2.75) is 26.9 Å². The first-order chi connectivity index (χ1) is 9.47. The Labute approximate surface area is 124 Å². The van der Waals surface area contributed by atoms with Crippen molar-refractivity contribution in [2.75, 3.05) is 5.32 Å². The monoisotopic (exact) mass is 344 g/mol. The molecule has 0 atom stereocenters. The van der Waals surface area contributed by atoms with Crippen LogP contribution in [0.3, 0.4) is 0 Å². The Hall–Kier alpha value is -1.50. The molecule has 2 rings (SSSR count). The maximum Gasteiger partial charge on any atom is 0.149 e. The average molecular weight is 345 g/mol. The highest BCUT2D eigenvalue weighted by Gasteiger charge is 2.10. The van der Waals surface area contributed by atoms with Crippen LogP contribution in [0.25, 0.3) is 0 Å². The van der Waals surface area contributed by atoms with Crippen molar-refractivity contribution >= 4 is 21.6 Å². The van der Waals surface area contributed by atoms with Crippen LogP contribution in [0.15, 0.2) is 22.9 Å². The third kappa shape index (κ3) is 3.53. The highest BCUT2D eigenvalue weighted by molar-refractivity contribution is 9.10. The fraction of sp³-hybridized carbons (Fsp3) is 0.385. The smallest absolute Gasteiger partial charge is 0.149 e. The first-order valence-electron chi connectivity index (χ1n) is 6.22. The standard InChI is InChI=1S/C13H15BrF2N4/c1-8(2)6-20-13(18-7-19-20)5-17-12-3-9(14)10(15)4-11(12)16/h3-4,7-8,17H,5-6H2,1-2H3. The predicted molar refractivity (Wildman–Crippen MR) is 76.2 cm³/mol. The van der Waals surface area contributed by atoms with Gasteiger partial charge in [-0.25, -0.2) is 18.4 Å². The van der Waals surface area contributed by atoms with Crippen LogP contribution in [0, 0.1) is 17.6 Å². The van der Waals surface area contributed by atoms with Crippen LogP contribution >= 0.6 is 15.9 Å². The minimum atomic E-state index is -0.638. The van der Waals surface area contributed by atoms with Crippen LogP contribution in [-0.2, 0) is 13.1 Å². The second kappa shape index (κ2) is 6.30. The maximum absolute atomic E-state index is 13.6. The molecule has 0 saturated carbocycles. The number of anilines is 1. The molecule has 20 heavy (non-hydrogen) atoms. The lowest BCUT2D eigenvalue weighted by atomic mass is 10.2. The lowest BCUT2D eigenvalue weighted by Crippen LogP contribution is -2.13. The molecular formula is C13H15BrF2N4. The predicted octanol–water partition coefficient (Wildman–Crippen LogP) is 3.59. The zero-order valence-corrected chi connectivity index (χ0v) is 12.8. The van der Waals surface area contributed by atoms with E-state index in [1.807, 2.05) is 0 Å². The Morgan fingerprint density at radius 1 is 1.30 bits per heavy atom. The van der Waals surface area contributed by atoms with Gasteiger partial charge in [-0.3, -0.25) is 0 Å². The molecule has 0 bridgehead atoms. The summed E-state index contributed by atoms with van der Waals surface area (Å²) in [5.41, 5.74) is 0.220. The quantitative estimate of drug-likeness (QED) is 0.843. The van der Waals surface area contributed by atoms with Crippen LogP contribution in [-0.4, -0.2) is 14.8 Å². The molecule has 108 valence electrons. The minimum Gasteiger partial charge on any atom is -0.375 e. The number of benzene rings is 1. The van der Waals surface area contributed by atoms with Crippen molar-refractivity contribution in [1.29, 1.82) is 0 Å². The molecule has 4 nitrogen and oxygen atoms in total. The second-order valence-electron chi connectivity index (χ2n) is 4.85. The van der Waals surface area contributed by atoms with E-state index >= 15 is 0 Å². The maximum atomic E-state index is 13.6. The number of aromatic nitrogens is 3. The van der Waals surface area contributed by atoms with Crippen LogP contribution in [0.1, 0.15) is 19.7 Å². The van der Waals surface area contributed by atoms with Gasteiger partial charge in [-0.2, -0.15) is 5.10 Å². The molecule has 1 heterocycles. The van der Waals surface area contributed by atoms with Crippen LogP contribution in [0.5, 0.6) is 0 Å². The Bertz CT molecular complexity index is 598. The second-order valence-corrected chi connectivity index (χ2v) is 5.71. The molecule has 1 aromatic heterocycles. The molecule has 0 aliphatic rings. The molecule has 7 heteroatoms. The fourth-order valence-electron chi connectivity index (χ4n) is 1.76. The summed E-state index contributed by atoms with van der Waals surface area (Å²) in [5.74, 6) is -0.123. The molecule has 0 fully saturated rings. The Morgan fingerprint density at radius 2 is 2.05 bits per heavy atom. The van der Waals surface area contributed by atoms with Crippen LogP contribution < -0.4 is 5.32 Å². The molecule has 1 aromatic carbocycles. The summed E-state index contributed by atoms with van der Waals surface area (Å²) >= 11 is 3.03. The van der Waals surface area contributed by atoms with Crippen molar-refractivity contribution in [2.24, 2.45) is 5.92 Å². The van der Waals surface area contributed by atoms with Crippen LogP contribution in [0.4, 0.5) is 14.5 Å². The average Bonchev–Trinajstić information content (AvgIpc) is 2.79. The largest absolute Gasteiger partial charge is 0.375 e. The van der Waals surface area contributed by atoms with Crippen molar-refractivity contribution in [3.8, 4) is 0 Å². The van der Waals surface area contributed by atoms with E-state index in [9.17, 15) is 8.78 Å². The Kier molecular flexibility index (Phi) is 4.69. The normalized spacial score (nSPS) is 11.1. The number of halogens is 3. The van der Waals surface area contributed by atoms with Gasteiger partial charge in [0.25, 0.3) is 0 Å². The van der Waals surface area contributed by atoms with Gasteiger partial charge in [0.2, 0.25) is 0 Å². The topological polar surface area (TPSA) is 42.7 Å². The molecular weight excluding hydrogens is 330 g/mol. The minimum absolute atomic E-state index is 0.213. The van der Waals surface area contributed by atoms with Gasteiger partial charge in [0, 0.05) is 12.6 Å². The number of rotatable bonds is 5. The molecule has 0 aliphatic heterocycles. The van der Waals surface area contributed by atoms with Gasteiger partial charge < -0.3 is 5.32 Å². The van der Waals surface area contributed by atoms with E-state index in [0.717, 1.165) is 12.6 Å². The van der Waals surface area contributed by atoms with Crippen molar-refractivity contribution < 1.29 is 8.78 Å². The SMILES string of the molecule is CC(C)Cn1ncnc1CNc1cc(Br)c(F)cc1F. The molecule has 0 aliphatic carbocycles. The van der Waals surface area contributed by atoms with Gasteiger partial charge in [0.1, 0.15) is 23.8 Å². The first-order valence-corrected chi connectivity index (χ1v) is 7.01. The summed E-state index contributed by atoms with van der Waals surface area (Å²) in [6.45, 7) is 5.22. The number of nitrogens with zero attached hydrogens (tertiary/aromatic N) is 3. The zero-order valence-electron chi connectivity index (χ0n) is 11.2. The van der Waals surface area contributed by atoms with E-state index in [1.165, 1.54) is 12.4 Å². The molecule has 0 spiro atoms. The highest BCUT2D eigenvalue weighted by atomic mass is 79.9. The third-order valence-corrected chi connectivity index (χ3v) is 3.29. The number of nitrogens with one attached hydrogen (secondary N) is 1. The van der Waals surface area contributed by atoms with Crippen LogP contribution in [0.2, 0.25) is 0 Å². The van der Waals surface area contributed by atoms with Gasteiger partial charge in [-0.15, -0.1) is 0 Å². The number of hydrogen-bond acceptors (Lipinski definition) is 3. The molecule has 1 N–H and O–H groups in total. The molecule has 0 saturated heterocycles. The summed E-state index contributed by atoms with van der Waals surface area (Å²) in [5, 5.41) is 7.03. The Balaban J connectivity index is 2.09. The van der Waals surface area contributed by atoms with Gasteiger partial charge in [-0.1, -0.05) is 13.8 Å². The van der Waals surface area contributed by atoms with E-state index in [-0.39, 0.29) is 10.2 Å². The Morgan fingerprint density at radius 3 is 2.75 bits per heavy atom. The van der Waals surface area contributed by atoms with Gasteiger partial charge in [0.05, 0.1) is 16.7 Å². The van der Waals surface area contributed by atoms with Gasteiger partial charge in [0.15, 0.2) is 0 Å².